The van der Waals surface area contributed by atoms with E-state index in [0.29, 0.717) is 0 Å². The molecule has 0 amide bonds. The Bertz CT molecular complexity index is 913. The molecule has 1 heterocycles. The first-order valence-electron chi connectivity index (χ1n) is 7.74. The number of carbonyl (C=O) groups is 1. The van der Waals surface area contributed by atoms with Crippen LogP contribution in [0.2, 0.25) is 0 Å². The molecule has 27 heavy (non-hydrogen) atoms. The lowest BCUT2D eigenvalue weighted by atomic mass is 10.0. The number of pyridine rings is 1. The van der Waals surface area contributed by atoms with Gasteiger partial charge in [0.05, 0.1) is 0 Å². The highest BCUT2D eigenvalue weighted by Gasteiger charge is 2.51. The summed E-state index contributed by atoms with van der Waals surface area (Å²) in [7, 11) is -3.95. The summed E-state index contributed by atoms with van der Waals surface area (Å²) in [5, 5.41) is 0. The smallest absolute Gasteiger partial charge is 0.294 e. The Kier molecular flexibility index (Phi) is 5.88. The van der Waals surface area contributed by atoms with Gasteiger partial charge in [-0.25, -0.2) is 17.2 Å². The molecular formula is C17H16F4N2O3S. The minimum atomic E-state index is -4.32. The number of ketones is 1. The summed E-state index contributed by atoms with van der Waals surface area (Å²) in [6.07, 6.45) is 0.397. The van der Waals surface area contributed by atoms with Crippen LogP contribution in [0.1, 0.15) is 30.1 Å². The van der Waals surface area contributed by atoms with Crippen LogP contribution in [0.25, 0.3) is 0 Å². The van der Waals surface area contributed by atoms with Crippen molar-refractivity contribution in [2.75, 3.05) is 4.72 Å². The molecule has 0 saturated carbocycles. The number of rotatable bonds is 8. The van der Waals surface area contributed by atoms with Gasteiger partial charge in [0.15, 0.2) is 5.78 Å². The van der Waals surface area contributed by atoms with Crippen LogP contribution >= 0.6 is 0 Å². The van der Waals surface area contributed by atoms with E-state index >= 15 is 0 Å². The molecule has 2 rings (SSSR count). The topological polar surface area (TPSA) is 76.1 Å². The third kappa shape index (κ3) is 5.25. The quantitative estimate of drug-likeness (QED) is 0.530. The van der Waals surface area contributed by atoms with Gasteiger partial charge in [-0.3, -0.25) is 14.5 Å². The minimum absolute atomic E-state index is 0.0253. The third-order valence-electron chi connectivity index (χ3n) is 3.69. The molecule has 0 aliphatic carbocycles. The number of hydrogen-bond donors (Lipinski definition) is 1. The maximum atomic E-state index is 13.3. The number of carbonyl (C=O) groups excluding carboxylic acids is 1. The van der Waals surface area contributed by atoms with Crippen molar-refractivity contribution in [1.29, 1.82) is 0 Å². The fourth-order valence-corrected chi connectivity index (χ4v) is 3.12. The number of alkyl halides is 4. The zero-order chi connectivity index (χ0) is 20.3. The van der Waals surface area contributed by atoms with Crippen molar-refractivity contribution in [2.45, 2.75) is 36.5 Å². The van der Waals surface area contributed by atoms with Gasteiger partial charge in [0, 0.05) is 43.4 Å². The second-order valence-corrected chi connectivity index (χ2v) is 7.57. The Hall–Kier alpha value is -2.49. The second-order valence-electron chi connectivity index (χ2n) is 5.89. The summed E-state index contributed by atoms with van der Waals surface area (Å²) in [5.41, 5.74) is -0.0473. The first-order valence-corrected chi connectivity index (χ1v) is 9.22. The molecule has 10 heteroatoms. The van der Waals surface area contributed by atoms with E-state index in [9.17, 15) is 30.8 Å². The largest absolute Gasteiger partial charge is 0.310 e. The van der Waals surface area contributed by atoms with Gasteiger partial charge in [0.2, 0.25) is 0 Å². The number of anilines is 1. The standard InChI is InChI=1S/C17H16F4N2O3S/c1-16(18,19)17(20,21)8-7-15(24)12-4-2-5-13(10-12)23-27(25,26)14-6-3-9-22-11-14/h2-6,9-11,23H,7-8H2,1H3. The van der Waals surface area contributed by atoms with Crippen LogP contribution in [0.4, 0.5) is 23.2 Å². The van der Waals surface area contributed by atoms with E-state index in [1.807, 2.05) is 0 Å². The molecule has 1 aromatic carbocycles. The van der Waals surface area contributed by atoms with Crippen LogP contribution in [0.5, 0.6) is 0 Å². The van der Waals surface area contributed by atoms with E-state index in [-0.39, 0.29) is 23.1 Å². The zero-order valence-electron chi connectivity index (χ0n) is 14.1. The van der Waals surface area contributed by atoms with Crippen LogP contribution in [0, 0.1) is 0 Å². The van der Waals surface area contributed by atoms with Gasteiger partial charge in [0.25, 0.3) is 10.0 Å². The van der Waals surface area contributed by atoms with E-state index in [1.165, 1.54) is 36.5 Å². The monoisotopic (exact) mass is 404 g/mol. The summed E-state index contributed by atoms with van der Waals surface area (Å²) in [5.74, 6) is -9.36. The molecule has 0 unspecified atom stereocenters. The van der Waals surface area contributed by atoms with Gasteiger partial charge < -0.3 is 0 Å². The molecule has 0 saturated heterocycles. The fourth-order valence-electron chi connectivity index (χ4n) is 2.11. The summed E-state index contributed by atoms with van der Waals surface area (Å²) >= 11 is 0. The van der Waals surface area contributed by atoms with Gasteiger partial charge in [-0.2, -0.15) is 8.78 Å². The molecule has 0 spiro atoms. The number of sulfonamides is 1. The molecule has 1 N–H and O–H groups in total. The van der Waals surface area contributed by atoms with Crippen molar-refractivity contribution in [3.63, 3.8) is 0 Å². The number of hydrogen-bond acceptors (Lipinski definition) is 4. The Morgan fingerprint density at radius 3 is 2.44 bits per heavy atom. The van der Waals surface area contributed by atoms with Crippen molar-refractivity contribution in [2.24, 2.45) is 0 Å². The normalized spacial score (nSPS) is 12.6. The van der Waals surface area contributed by atoms with Crippen LogP contribution in [0.3, 0.4) is 0 Å². The minimum Gasteiger partial charge on any atom is -0.294 e. The van der Waals surface area contributed by atoms with Crippen LogP contribution in [0.15, 0.2) is 53.7 Å². The zero-order valence-corrected chi connectivity index (χ0v) is 14.9. The molecule has 0 atom stereocenters. The number of halogens is 4. The highest BCUT2D eigenvalue weighted by molar-refractivity contribution is 7.92. The molecule has 1 aromatic heterocycles. The van der Waals surface area contributed by atoms with E-state index < -0.39 is 40.5 Å². The molecule has 0 radical (unpaired) electrons. The van der Waals surface area contributed by atoms with Crippen molar-refractivity contribution in [3.05, 3.63) is 54.4 Å². The van der Waals surface area contributed by atoms with Crippen molar-refractivity contribution >= 4 is 21.5 Å². The molecule has 0 aliphatic heterocycles. The van der Waals surface area contributed by atoms with Gasteiger partial charge in [0.1, 0.15) is 4.90 Å². The Morgan fingerprint density at radius 2 is 1.85 bits per heavy atom. The van der Waals surface area contributed by atoms with Crippen molar-refractivity contribution < 1.29 is 30.8 Å². The molecule has 0 bridgehead atoms. The van der Waals surface area contributed by atoms with E-state index in [4.69, 9.17) is 0 Å². The highest BCUT2D eigenvalue weighted by atomic mass is 32.2. The summed E-state index contributed by atoms with van der Waals surface area (Å²) in [6, 6.07) is 7.89. The lowest BCUT2D eigenvalue weighted by Gasteiger charge is -2.22. The van der Waals surface area contributed by atoms with Crippen molar-refractivity contribution in [1.82, 2.24) is 4.98 Å². The molecule has 146 valence electrons. The molecular weight excluding hydrogens is 388 g/mol. The number of nitrogens with zero attached hydrogens (tertiary/aromatic N) is 1. The predicted octanol–water partition coefficient (Wildman–Crippen LogP) is 4.14. The number of nitrogens with one attached hydrogen (secondary N) is 1. The third-order valence-corrected chi connectivity index (χ3v) is 5.06. The number of benzene rings is 1. The van der Waals surface area contributed by atoms with Crippen LogP contribution in [-0.2, 0) is 10.0 Å². The van der Waals surface area contributed by atoms with Gasteiger partial charge in [-0.1, -0.05) is 12.1 Å². The van der Waals surface area contributed by atoms with Gasteiger partial charge in [-0.05, 0) is 24.3 Å². The second kappa shape index (κ2) is 7.63. The SMILES string of the molecule is CC(F)(F)C(F)(F)CCC(=O)c1cccc(NS(=O)(=O)c2cccnc2)c1. The number of aromatic nitrogens is 1. The average Bonchev–Trinajstić information content (AvgIpc) is 2.59. The first-order chi connectivity index (χ1) is 12.4. The maximum absolute atomic E-state index is 13.3. The molecule has 0 fully saturated rings. The fraction of sp³-hybridized carbons (Fsp3) is 0.294. The summed E-state index contributed by atoms with van der Waals surface area (Å²) < 4.78 is 78.9. The highest BCUT2D eigenvalue weighted by Crippen LogP contribution is 2.37. The Labute approximate surface area is 153 Å². The maximum Gasteiger partial charge on any atom is 0.310 e. The van der Waals surface area contributed by atoms with Crippen LogP contribution < -0.4 is 4.72 Å². The van der Waals surface area contributed by atoms with E-state index in [0.717, 1.165) is 12.3 Å². The molecule has 0 aliphatic rings. The molecule has 2 aromatic rings. The predicted molar refractivity (Wildman–Crippen MR) is 90.6 cm³/mol. The molecule has 5 nitrogen and oxygen atoms in total. The Balaban J connectivity index is 2.12. The van der Waals surface area contributed by atoms with E-state index in [1.54, 1.807) is 0 Å². The van der Waals surface area contributed by atoms with Crippen LogP contribution in [-0.4, -0.2) is 31.0 Å². The lowest BCUT2D eigenvalue weighted by Crippen LogP contribution is -2.37. The lowest BCUT2D eigenvalue weighted by molar-refractivity contribution is -0.200. The van der Waals surface area contributed by atoms with Crippen molar-refractivity contribution in [3.8, 4) is 0 Å². The average molecular weight is 404 g/mol. The summed E-state index contributed by atoms with van der Waals surface area (Å²) in [6.45, 7) is 0.0886. The summed E-state index contributed by atoms with van der Waals surface area (Å²) in [4.78, 5) is 15.6. The van der Waals surface area contributed by atoms with Gasteiger partial charge >= 0.3 is 11.8 Å². The van der Waals surface area contributed by atoms with Gasteiger partial charge in [-0.15, -0.1) is 0 Å². The number of Topliss-reactive ketones (excluding diaryl/α,β-unsaturated/α-hetero) is 1. The first kappa shape index (κ1) is 20.8. The van der Waals surface area contributed by atoms with E-state index in [2.05, 4.69) is 9.71 Å². The Morgan fingerprint density at radius 1 is 1.15 bits per heavy atom.